The number of aryl methyl sites for hydroxylation is 1. The number of aromatic nitrogens is 2. The zero-order valence-electron chi connectivity index (χ0n) is 15.5. The van der Waals surface area contributed by atoms with E-state index in [4.69, 9.17) is 11.6 Å². The van der Waals surface area contributed by atoms with Crippen molar-refractivity contribution in [1.82, 2.24) is 14.1 Å². The van der Waals surface area contributed by atoms with Gasteiger partial charge in [-0.3, -0.25) is 4.79 Å². The highest BCUT2D eigenvalue weighted by atomic mass is 35.5. The average Bonchev–Trinajstić information content (AvgIpc) is 3.14. The van der Waals surface area contributed by atoms with Crippen LogP contribution in [0.2, 0.25) is 5.02 Å². The van der Waals surface area contributed by atoms with E-state index < -0.39 is 15.9 Å². The van der Waals surface area contributed by atoms with Gasteiger partial charge >= 0.3 is 0 Å². The number of benzene rings is 2. The van der Waals surface area contributed by atoms with Crippen LogP contribution in [0.15, 0.2) is 59.8 Å². The summed E-state index contributed by atoms with van der Waals surface area (Å²) in [6.07, 6.45) is 3.03. The lowest BCUT2D eigenvalue weighted by Gasteiger charge is -2.15. The minimum atomic E-state index is -3.61. The first-order valence-electron chi connectivity index (χ1n) is 8.33. The molecule has 3 aromatic rings. The molecule has 1 amide bonds. The maximum absolute atomic E-state index is 12.5. The van der Waals surface area contributed by atoms with Crippen LogP contribution in [0.5, 0.6) is 0 Å². The summed E-state index contributed by atoms with van der Waals surface area (Å²) >= 11 is 5.88. The molecule has 0 radical (unpaired) electrons. The Balaban J connectivity index is 1.83. The molecule has 0 saturated heterocycles. The summed E-state index contributed by atoms with van der Waals surface area (Å²) in [6, 6.07) is 11.8. The molecule has 1 N–H and O–H groups in total. The van der Waals surface area contributed by atoms with Crippen LogP contribution in [0.3, 0.4) is 0 Å². The molecule has 3 rings (SSSR count). The zero-order valence-corrected chi connectivity index (χ0v) is 17.1. The Morgan fingerprint density at radius 3 is 2.46 bits per heavy atom. The Kier molecular flexibility index (Phi) is 5.55. The molecule has 0 spiro atoms. The minimum Gasteiger partial charge on any atom is -0.322 e. The first-order valence-corrected chi connectivity index (χ1v) is 10.2. The number of amides is 1. The molecular weight excluding hydrogens is 400 g/mol. The molecule has 1 heterocycles. The smallest absolute Gasteiger partial charge is 0.258 e. The van der Waals surface area contributed by atoms with Gasteiger partial charge in [0.2, 0.25) is 10.0 Å². The van der Waals surface area contributed by atoms with Gasteiger partial charge in [0.05, 0.1) is 22.3 Å². The Bertz CT molecular complexity index is 1120. The molecule has 1 aromatic heterocycles. The van der Waals surface area contributed by atoms with E-state index in [1.54, 1.807) is 54.2 Å². The molecule has 0 fully saturated rings. The molecule has 0 saturated carbocycles. The maximum Gasteiger partial charge on any atom is 0.258 e. The minimum absolute atomic E-state index is 0.146. The lowest BCUT2D eigenvalue weighted by molar-refractivity contribution is 0.102. The number of hydrogen-bond donors (Lipinski definition) is 1. The van der Waals surface area contributed by atoms with E-state index in [1.807, 2.05) is 0 Å². The lowest BCUT2D eigenvalue weighted by Crippen LogP contribution is -2.23. The van der Waals surface area contributed by atoms with Gasteiger partial charge in [-0.05, 0) is 48.9 Å². The highest BCUT2D eigenvalue weighted by Gasteiger charge is 2.20. The highest BCUT2D eigenvalue weighted by Crippen LogP contribution is 2.23. The fraction of sp³-hybridized carbons (Fsp3) is 0.158. The van der Waals surface area contributed by atoms with Crippen molar-refractivity contribution in [3.05, 3.63) is 71.0 Å². The molecule has 0 aliphatic heterocycles. The first kappa shape index (κ1) is 20.1. The van der Waals surface area contributed by atoms with Crippen LogP contribution in [0.1, 0.15) is 15.9 Å². The van der Waals surface area contributed by atoms with Crippen LogP contribution in [-0.2, 0) is 10.0 Å². The number of nitrogens with zero attached hydrogens (tertiary/aromatic N) is 3. The van der Waals surface area contributed by atoms with Crippen LogP contribution >= 0.6 is 11.6 Å². The van der Waals surface area contributed by atoms with Crippen LogP contribution in [-0.4, -0.2) is 42.5 Å². The van der Waals surface area contributed by atoms with E-state index in [2.05, 4.69) is 10.4 Å². The number of anilines is 1. The number of hydrogen-bond acceptors (Lipinski definition) is 4. The van der Waals surface area contributed by atoms with Crippen molar-refractivity contribution in [3.63, 3.8) is 0 Å². The summed E-state index contributed by atoms with van der Waals surface area (Å²) in [5.74, 6) is -0.391. The fourth-order valence-electron chi connectivity index (χ4n) is 2.53. The molecule has 0 aliphatic rings. The predicted molar refractivity (Wildman–Crippen MR) is 109 cm³/mol. The monoisotopic (exact) mass is 418 g/mol. The van der Waals surface area contributed by atoms with Crippen molar-refractivity contribution < 1.29 is 13.2 Å². The molecule has 146 valence electrons. The summed E-state index contributed by atoms with van der Waals surface area (Å²) in [4.78, 5) is 12.7. The van der Waals surface area contributed by atoms with Crippen molar-refractivity contribution >= 4 is 33.2 Å². The number of carbonyl (C=O) groups excluding carboxylic acids is 1. The standard InChI is InChI=1S/C19H19ClN4O3S/c1-13-4-7-16(10-18(13)28(26,27)23(2)3)22-19(25)14-11-21-24(12-14)17-8-5-15(20)6-9-17/h4-12H,1-3H3,(H,22,25). The average molecular weight is 419 g/mol. The maximum atomic E-state index is 12.5. The van der Waals surface area contributed by atoms with Gasteiger partial charge in [-0.1, -0.05) is 17.7 Å². The topological polar surface area (TPSA) is 84.3 Å². The van der Waals surface area contributed by atoms with E-state index in [0.29, 0.717) is 21.8 Å². The van der Waals surface area contributed by atoms with E-state index in [9.17, 15) is 13.2 Å². The highest BCUT2D eigenvalue weighted by molar-refractivity contribution is 7.89. The third kappa shape index (κ3) is 4.09. The Labute approximate surface area is 168 Å². The molecule has 9 heteroatoms. The Hall–Kier alpha value is -2.68. The second kappa shape index (κ2) is 7.75. The van der Waals surface area contributed by atoms with Gasteiger partial charge in [-0.2, -0.15) is 5.10 Å². The molecule has 28 heavy (non-hydrogen) atoms. The fourth-order valence-corrected chi connectivity index (χ4v) is 3.80. The summed E-state index contributed by atoms with van der Waals surface area (Å²) in [5, 5.41) is 7.51. The van der Waals surface area contributed by atoms with E-state index >= 15 is 0 Å². The number of carbonyl (C=O) groups is 1. The number of nitrogens with one attached hydrogen (secondary N) is 1. The van der Waals surface area contributed by atoms with Crippen LogP contribution in [0, 0.1) is 6.92 Å². The molecular formula is C19H19ClN4O3S. The van der Waals surface area contributed by atoms with Crippen molar-refractivity contribution in [3.8, 4) is 5.69 Å². The third-order valence-corrected chi connectivity index (χ3v) is 6.35. The van der Waals surface area contributed by atoms with Gasteiger partial charge < -0.3 is 5.32 Å². The van der Waals surface area contributed by atoms with E-state index in [0.717, 1.165) is 9.99 Å². The van der Waals surface area contributed by atoms with Gasteiger partial charge in [0, 0.05) is 31.0 Å². The van der Waals surface area contributed by atoms with Gasteiger partial charge in [0.1, 0.15) is 0 Å². The molecule has 7 nitrogen and oxygen atoms in total. The van der Waals surface area contributed by atoms with Gasteiger partial charge in [-0.25, -0.2) is 17.4 Å². The molecule has 2 aromatic carbocycles. The normalized spacial score (nSPS) is 11.6. The summed E-state index contributed by atoms with van der Waals surface area (Å²) in [5.41, 5.74) is 2.09. The number of halogens is 1. The number of sulfonamides is 1. The summed E-state index contributed by atoms with van der Waals surface area (Å²) in [6.45, 7) is 1.71. The zero-order chi connectivity index (χ0) is 20.5. The van der Waals surface area contributed by atoms with Crippen molar-refractivity contribution in [1.29, 1.82) is 0 Å². The quantitative estimate of drug-likeness (QED) is 0.688. The van der Waals surface area contributed by atoms with Gasteiger partial charge in [0.25, 0.3) is 5.91 Å². The first-order chi connectivity index (χ1) is 13.2. The molecule has 0 atom stereocenters. The molecule has 0 unspecified atom stereocenters. The van der Waals surface area contributed by atoms with Crippen LogP contribution < -0.4 is 5.32 Å². The van der Waals surface area contributed by atoms with Crippen LogP contribution in [0.4, 0.5) is 5.69 Å². The van der Waals surface area contributed by atoms with Crippen molar-refractivity contribution in [2.75, 3.05) is 19.4 Å². The molecule has 0 aliphatic carbocycles. The van der Waals surface area contributed by atoms with Crippen LogP contribution in [0.25, 0.3) is 5.69 Å². The Morgan fingerprint density at radius 2 is 1.82 bits per heavy atom. The second-order valence-electron chi connectivity index (χ2n) is 6.37. The Morgan fingerprint density at radius 1 is 1.14 bits per heavy atom. The van der Waals surface area contributed by atoms with E-state index in [1.165, 1.54) is 26.4 Å². The largest absolute Gasteiger partial charge is 0.322 e. The summed E-state index contributed by atoms with van der Waals surface area (Å²) < 4.78 is 27.6. The molecule has 0 bridgehead atoms. The second-order valence-corrected chi connectivity index (χ2v) is 8.93. The lowest BCUT2D eigenvalue weighted by atomic mass is 10.2. The third-order valence-electron chi connectivity index (χ3n) is 4.14. The van der Waals surface area contributed by atoms with E-state index in [-0.39, 0.29) is 4.90 Å². The number of rotatable bonds is 5. The summed E-state index contributed by atoms with van der Waals surface area (Å²) in [7, 11) is -0.684. The SMILES string of the molecule is Cc1ccc(NC(=O)c2cnn(-c3ccc(Cl)cc3)c2)cc1S(=O)(=O)N(C)C. The van der Waals surface area contributed by atoms with Gasteiger partial charge in [-0.15, -0.1) is 0 Å². The predicted octanol–water partition coefficient (Wildman–Crippen LogP) is 3.34. The van der Waals surface area contributed by atoms with Gasteiger partial charge in [0.15, 0.2) is 0 Å². The van der Waals surface area contributed by atoms with Crippen molar-refractivity contribution in [2.24, 2.45) is 0 Å². The van der Waals surface area contributed by atoms with Crippen molar-refractivity contribution in [2.45, 2.75) is 11.8 Å².